The van der Waals surface area contributed by atoms with Crippen LogP contribution < -0.4 is 16.4 Å². The van der Waals surface area contributed by atoms with Gasteiger partial charge in [-0.3, -0.25) is 19.3 Å². The van der Waals surface area contributed by atoms with Crippen molar-refractivity contribution in [2.24, 2.45) is 5.73 Å². The van der Waals surface area contributed by atoms with Gasteiger partial charge in [0.05, 0.1) is 5.56 Å². The molecule has 1 aliphatic carbocycles. The monoisotopic (exact) mass is 406 g/mol. The number of primary amides is 1. The summed E-state index contributed by atoms with van der Waals surface area (Å²) in [5.41, 5.74) is 5.84. The Hall–Kier alpha value is -2.42. The lowest BCUT2D eigenvalue weighted by atomic mass is 9.95. The molecule has 0 aromatic carbocycles. The average Bonchev–Trinajstić information content (AvgIpc) is 3.10. The third-order valence-electron chi connectivity index (χ3n) is 5.35. The van der Waals surface area contributed by atoms with Gasteiger partial charge in [0, 0.05) is 4.88 Å². The number of nitrogens with two attached hydrogens (primary N) is 1. The smallest absolute Gasteiger partial charge is 0.325 e. The minimum atomic E-state index is -0.978. The molecule has 1 aromatic heterocycles. The molecule has 9 heteroatoms. The summed E-state index contributed by atoms with van der Waals surface area (Å²) in [6.45, 7) is 3.29. The number of fused-ring (bicyclic) bond motifs is 1. The van der Waals surface area contributed by atoms with Crippen molar-refractivity contribution in [3.05, 3.63) is 16.0 Å². The van der Waals surface area contributed by atoms with Crippen LogP contribution in [0.3, 0.4) is 0 Å². The molecule has 0 unspecified atom stereocenters. The predicted octanol–water partition coefficient (Wildman–Crippen LogP) is 2.17. The normalized spacial score (nSPS) is 21.4. The fraction of sp³-hybridized carbons (Fsp3) is 0.579. The number of carbonyl (C=O) groups excluding carboxylic acids is 4. The van der Waals surface area contributed by atoms with Crippen LogP contribution in [0.4, 0.5) is 9.80 Å². The summed E-state index contributed by atoms with van der Waals surface area (Å²) in [6, 6.07) is -0.570. The summed E-state index contributed by atoms with van der Waals surface area (Å²) < 4.78 is 0. The highest BCUT2D eigenvalue weighted by atomic mass is 32.1. The zero-order valence-electron chi connectivity index (χ0n) is 16.2. The van der Waals surface area contributed by atoms with E-state index in [1.807, 2.05) is 6.92 Å². The molecule has 28 heavy (non-hydrogen) atoms. The average molecular weight is 407 g/mol. The van der Waals surface area contributed by atoms with E-state index in [-0.39, 0.29) is 0 Å². The first-order valence-electron chi connectivity index (χ1n) is 9.65. The number of hydrogen-bond acceptors (Lipinski definition) is 5. The number of amides is 5. The number of rotatable bonds is 7. The van der Waals surface area contributed by atoms with Crippen LogP contribution in [-0.2, 0) is 22.4 Å². The molecule has 4 N–H and O–H groups in total. The Balaban J connectivity index is 1.73. The van der Waals surface area contributed by atoms with Gasteiger partial charge in [-0.15, -0.1) is 11.3 Å². The van der Waals surface area contributed by atoms with E-state index in [2.05, 4.69) is 10.6 Å². The molecule has 152 valence electrons. The van der Waals surface area contributed by atoms with Crippen LogP contribution in [0, 0.1) is 0 Å². The van der Waals surface area contributed by atoms with Gasteiger partial charge in [-0.25, -0.2) is 4.79 Å². The van der Waals surface area contributed by atoms with Crippen LogP contribution >= 0.6 is 11.3 Å². The number of anilines is 1. The van der Waals surface area contributed by atoms with E-state index in [1.54, 1.807) is 6.92 Å². The number of carbonyl (C=O) groups is 4. The summed E-state index contributed by atoms with van der Waals surface area (Å²) in [4.78, 5) is 51.3. The predicted molar refractivity (Wildman–Crippen MR) is 106 cm³/mol. The molecule has 1 atom stereocenters. The van der Waals surface area contributed by atoms with E-state index >= 15 is 0 Å². The van der Waals surface area contributed by atoms with Crippen molar-refractivity contribution < 1.29 is 19.2 Å². The number of urea groups is 1. The largest absolute Gasteiger partial charge is 0.365 e. The first kappa shape index (κ1) is 20.3. The highest BCUT2D eigenvalue weighted by molar-refractivity contribution is 7.17. The van der Waals surface area contributed by atoms with E-state index in [4.69, 9.17) is 5.73 Å². The molecule has 8 nitrogen and oxygen atoms in total. The zero-order valence-corrected chi connectivity index (χ0v) is 17.0. The van der Waals surface area contributed by atoms with Gasteiger partial charge in [-0.1, -0.05) is 19.8 Å². The van der Waals surface area contributed by atoms with E-state index in [1.165, 1.54) is 11.3 Å². The van der Waals surface area contributed by atoms with Crippen molar-refractivity contribution in [3.63, 3.8) is 0 Å². The van der Waals surface area contributed by atoms with Gasteiger partial charge in [0.25, 0.3) is 11.8 Å². The van der Waals surface area contributed by atoms with E-state index < -0.39 is 35.8 Å². The molecule has 3 rings (SSSR count). The van der Waals surface area contributed by atoms with Gasteiger partial charge < -0.3 is 16.4 Å². The van der Waals surface area contributed by atoms with Crippen LogP contribution in [0.1, 0.15) is 66.8 Å². The van der Waals surface area contributed by atoms with Crippen molar-refractivity contribution in [1.29, 1.82) is 0 Å². The summed E-state index contributed by atoms with van der Waals surface area (Å²) in [5.74, 6) is -1.50. The maximum absolute atomic E-state index is 12.7. The first-order chi connectivity index (χ1) is 13.3. The van der Waals surface area contributed by atoms with Crippen LogP contribution in [-0.4, -0.2) is 40.7 Å². The van der Waals surface area contributed by atoms with Gasteiger partial charge in [-0.2, -0.15) is 0 Å². The maximum atomic E-state index is 12.7. The Kier molecular flexibility index (Phi) is 5.74. The van der Waals surface area contributed by atoms with Crippen LogP contribution in [0.2, 0.25) is 0 Å². The Labute approximate surface area is 167 Å². The van der Waals surface area contributed by atoms with Gasteiger partial charge in [0.1, 0.15) is 17.1 Å². The fourth-order valence-electron chi connectivity index (χ4n) is 3.81. The van der Waals surface area contributed by atoms with Crippen molar-refractivity contribution in [1.82, 2.24) is 10.2 Å². The maximum Gasteiger partial charge on any atom is 0.325 e. The van der Waals surface area contributed by atoms with Gasteiger partial charge >= 0.3 is 6.03 Å². The Morgan fingerprint density at radius 3 is 2.68 bits per heavy atom. The lowest BCUT2D eigenvalue weighted by molar-refractivity contribution is -0.133. The van der Waals surface area contributed by atoms with Crippen LogP contribution in [0.25, 0.3) is 0 Å². The molecule has 0 radical (unpaired) electrons. The second kappa shape index (κ2) is 7.90. The van der Waals surface area contributed by atoms with Gasteiger partial charge in [-0.05, 0) is 44.6 Å². The Morgan fingerprint density at radius 1 is 1.29 bits per heavy atom. The van der Waals surface area contributed by atoms with Gasteiger partial charge in [0.15, 0.2) is 0 Å². The summed E-state index contributed by atoms with van der Waals surface area (Å²) in [5, 5.41) is 5.79. The third-order valence-corrected chi connectivity index (χ3v) is 6.56. The van der Waals surface area contributed by atoms with Gasteiger partial charge in [0.2, 0.25) is 5.91 Å². The molecular weight excluding hydrogens is 380 g/mol. The first-order valence-corrected chi connectivity index (χ1v) is 10.5. The Morgan fingerprint density at radius 2 is 2.00 bits per heavy atom. The molecule has 5 amide bonds. The number of nitrogens with one attached hydrogen (secondary N) is 2. The topological polar surface area (TPSA) is 122 Å². The molecule has 2 heterocycles. The molecular formula is C19H26N4O4S. The highest BCUT2D eigenvalue weighted by Gasteiger charge is 2.47. The summed E-state index contributed by atoms with van der Waals surface area (Å²) in [7, 11) is 0. The lowest BCUT2D eigenvalue weighted by Gasteiger charge is -2.21. The molecule has 2 aliphatic rings. The molecule has 0 saturated carbocycles. The van der Waals surface area contributed by atoms with Crippen molar-refractivity contribution in [3.8, 4) is 0 Å². The van der Waals surface area contributed by atoms with E-state index in [9.17, 15) is 19.2 Å². The molecule has 1 aliphatic heterocycles. The quantitative estimate of drug-likeness (QED) is 0.601. The number of aryl methyl sites for hydroxylation is 1. The number of hydrogen-bond donors (Lipinski definition) is 3. The number of imide groups is 1. The van der Waals surface area contributed by atoms with Crippen LogP contribution in [0.15, 0.2) is 0 Å². The summed E-state index contributed by atoms with van der Waals surface area (Å²) in [6.07, 6.45) is 5.87. The number of thiophene rings is 1. The molecule has 1 saturated heterocycles. The van der Waals surface area contributed by atoms with E-state index in [0.717, 1.165) is 53.9 Å². The van der Waals surface area contributed by atoms with E-state index in [0.29, 0.717) is 17.0 Å². The van der Waals surface area contributed by atoms with Crippen LogP contribution in [0.5, 0.6) is 0 Å². The zero-order chi connectivity index (χ0) is 20.5. The molecule has 0 spiro atoms. The SMILES string of the molecule is CCCC[C@@]1(C)NC(=O)N(CC(=O)Nc2sc3c(c2C(N)=O)CCCC3)C1=O. The highest BCUT2D eigenvalue weighted by Crippen LogP contribution is 2.38. The molecule has 1 aromatic rings. The summed E-state index contributed by atoms with van der Waals surface area (Å²) >= 11 is 1.35. The fourth-order valence-corrected chi connectivity index (χ4v) is 5.13. The standard InChI is InChI=1S/C19H26N4O4S/c1-3-4-9-19(2)17(26)23(18(27)22-19)10-13(24)21-16-14(15(20)25)11-7-5-6-8-12(11)28-16/h3-10H2,1-2H3,(H2,20,25)(H,21,24)(H,22,27)/t19-/m1/s1. The second-order valence-electron chi connectivity index (χ2n) is 7.58. The number of unbranched alkanes of at least 4 members (excludes halogenated alkanes) is 1. The minimum Gasteiger partial charge on any atom is -0.365 e. The van der Waals surface area contributed by atoms with Crippen molar-refractivity contribution in [2.45, 2.75) is 64.3 Å². The molecule has 1 fully saturated rings. The third kappa shape index (κ3) is 3.76. The van der Waals surface area contributed by atoms with Crippen molar-refractivity contribution >= 4 is 40.1 Å². The number of nitrogens with zero attached hydrogens (tertiary/aromatic N) is 1. The molecule has 0 bridgehead atoms. The second-order valence-corrected chi connectivity index (χ2v) is 8.69. The van der Waals surface area contributed by atoms with Crippen molar-refractivity contribution in [2.75, 3.05) is 11.9 Å². The Bertz CT molecular complexity index is 834. The minimum absolute atomic E-state index is 0.359. The lowest BCUT2D eigenvalue weighted by Crippen LogP contribution is -2.44.